The van der Waals surface area contributed by atoms with Gasteiger partial charge in [-0.25, -0.2) is 4.98 Å². The van der Waals surface area contributed by atoms with Crippen molar-refractivity contribution in [3.05, 3.63) is 35.2 Å². The van der Waals surface area contributed by atoms with Gasteiger partial charge in [-0.2, -0.15) is 0 Å². The number of nitrogens with zero attached hydrogens (tertiary/aromatic N) is 1. The van der Waals surface area contributed by atoms with Gasteiger partial charge in [0, 0.05) is 16.7 Å². The van der Waals surface area contributed by atoms with Crippen LogP contribution in [0.3, 0.4) is 0 Å². The molecule has 0 atom stereocenters. The summed E-state index contributed by atoms with van der Waals surface area (Å²) in [5, 5.41) is 3.46. The van der Waals surface area contributed by atoms with Crippen molar-refractivity contribution in [2.45, 2.75) is 20.3 Å². The minimum absolute atomic E-state index is 0.0607. The van der Waals surface area contributed by atoms with Gasteiger partial charge in [0.25, 0.3) is 0 Å². The van der Waals surface area contributed by atoms with Crippen LogP contribution in [0.1, 0.15) is 19.4 Å². The molecule has 1 aromatic heterocycles. The first kappa shape index (κ1) is 12.2. The summed E-state index contributed by atoms with van der Waals surface area (Å²) in [5.74, 6) is 0.0607. The summed E-state index contributed by atoms with van der Waals surface area (Å²) in [4.78, 5) is 19.0. The van der Waals surface area contributed by atoms with Crippen LogP contribution < -0.4 is 5.32 Å². The Kier molecular flexibility index (Phi) is 2.64. The Hall–Kier alpha value is -1.81. The molecule has 0 saturated heterocycles. The van der Waals surface area contributed by atoms with Gasteiger partial charge in [-0.1, -0.05) is 31.5 Å². The van der Waals surface area contributed by atoms with Gasteiger partial charge in [0.15, 0.2) is 0 Å². The molecule has 0 aliphatic carbocycles. The van der Waals surface area contributed by atoms with Gasteiger partial charge < -0.3 is 10.3 Å². The zero-order valence-electron chi connectivity index (χ0n) is 10.7. The van der Waals surface area contributed by atoms with E-state index in [1.165, 1.54) is 0 Å². The number of fused-ring (bicyclic) bond motifs is 1. The number of carbonyl (C=O) groups excluding carboxylic acids is 1. The van der Waals surface area contributed by atoms with Crippen LogP contribution in [0.2, 0.25) is 5.15 Å². The molecule has 0 spiro atoms. The lowest BCUT2D eigenvalue weighted by molar-refractivity contribution is -0.124. The highest BCUT2D eigenvalue weighted by molar-refractivity contribution is 6.31. The number of imidazole rings is 1. The lowest BCUT2D eigenvalue weighted by Gasteiger charge is -2.30. The van der Waals surface area contributed by atoms with E-state index in [1.807, 2.05) is 32.0 Å². The monoisotopic (exact) mass is 275 g/mol. The fraction of sp³-hybridized carbons (Fsp3) is 0.286. The maximum Gasteiger partial charge on any atom is 0.230 e. The van der Waals surface area contributed by atoms with Crippen molar-refractivity contribution in [3.8, 4) is 11.3 Å². The number of H-pyrrole nitrogens is 1. The molecule has 0 radical (unpaired) electrons. The SMILES string of the molecule is CC1(C)Cc2cc(-c3nc[nH]c3Cl)ccc2NC1=O. The number of amides is 1. The molecule has 19 heavy (non-hydrogen) atoms. The summed E-state index contributed by atoms with van der Waals surface area (Å²) >= 11 is 6.05. The topological polar surface area (TPSA) is 57.8 Å². The first-order chi connectivity index (χ1) is 8.97. The largest absolute Gasteiger partial charge is 0.335 e. The Labute approximate surface area is 116 Å². The highest BCUT2D eigenvalue weighted by Crippen LogP contribution is 2.36. The number of hydrogen-bond donors (Lipinski definition) is 2. The number of halogens is 1. The Bertz CT molecular complexity index is 660. The van der Waals surface area contributed by atoms with Crippen molar-refractivity contribution in [1.29, 1.82) is 0 Å². The van der Waals surface area contributed by atoms with Crippen LogP contribution in [0.4, 0.5) is 5.69 Å². The zero-order chi connectivity index (χ0) is 13.6. The Morgan fingerprint density at radius 2 is 2.16 bits per heavy atom. The highest BCUT2D eigenvalue weighted by atomic mass is 35.5. The molecular formula is C14H14ClN3O. The van der Waals surface area contributed by atoms with Crippen LogP contribution in [-0.2, 0) is 11.2 Å². The van der Waals surface area contributed by atoms with Crippen molar-refractivity contribution in [1.82, 2.24) is 9.97 Å². The fourth-order valence-electron chi connectivity index (χ4n) is 2.34. The maximum atomic E-state index is 11.9. The summed E-state index contributed by atoms with van der Waals surface area (Å²) in [5.41, 5.74) is 3.29. The van der Waals surface area contributed by atoms with Crippen LogP contribution in [-0.4, -0.2) is 15.9 Å². The summed E-state index contributed by atoms with van der Waals surface area (Å²) in [7, 11) is 0. The van der Waals surface area contributed by atoms with Crippen molar-refractivity contribution in [2.24, 2.45) is 5.41 Å². The van der Waals surface area contributed by atoms with Gasteiger partial charge in [-0.05, 0) is 24.1 Å². The molecule has 2 N–H and O–H groups in total. The molecule has 0 saturated carbocycles. The molecule has 1 amide bonds. The van der Waals surface area contributed by atoms with Crippen LogP contribution in [0.25, 0.3) is 11.3 Å². The molecule has 2 aromatic rings. The van der Waals surface area contributed by atoms with Gasteiger partial charge in [0.1, 0.15) is 10.8 Å². The zero-order valence-corrected chi connectivity index (χ0v) is 11.5. The first-order valence-electron chi connectivity index (χ1n) is 6.11. The number of aromatic nitrogens is 2. The van der Waals surface area contributed by atoms with Crippen LogP contribution in [0, 0.1) is 5.41 Å². The average Bonchev–Trinajstić information content (AvgIpc) is 2.76. The van der Waals surface area contributed by atoms with Crippen molar-refractivity contribution in [2.75, 3.05) is 5.32 Å². The van der Waals surface area contributed by atoms with Crippen LogP contribution in [0.5, 0.6) is 0 Å². The summed E-state index contributed by atoms with van der Waals surface area (Å²) in [6.07, 6.45) is 2.28. The third-order valence-electron chi connectivity index (χ3n) is 3.47. The average molecular weight is 276 g/mol. The Morgan fingerprint density at radius 3 is 2.84 bits per heavy atom. The molecule has 1 aliphatic heterocycles. The minimum atomic E-state index is -0.388. The van der Waals surface area contributed by atoms with E-state index in [0.29, 0.717) is 11.6 Å². The normalized spacial score (nSPS) is 16.9. The Morgan fingerprint density at radius 1 is 1.37 bits per heavy atom. The predicted octanol–water partition coefficient (Wildman–Crippen LogP) is 3.25. The van der Waals surface area contributed by atoms with Gasteiger partial charge >= 0.3 is 0 Å². The summed E-state index contributed by atoms with van der Waals surface area (Å²) in [6.45, 7) is 3.89. The highest BCUT2D eigenvalue weighted by Gasteiger charge is 2.33. The van der Waals surface area contributed by atoms with Gasteiger partial charge in [0.2, 0.25) is 5.91 Å². The molecule has 0 bridgehead atoms. The predicted molar refractivity (Wildman–Crippen MR) is 75.1 cm³/mol. The third-order valence-corrected chi connectivity index (χ3v) is 3.75. The molecule has 98 valence electrons. The van der Waals surface area contributed by atoms with Crippen molar-refractivity contribution in [3.63, 3.8) is 0 Å². The molecule has 0 fully saturated rings. The summed E-state index contributed by atoms with van der Waals surface area (Å²) in [6, 6.07) is 5.86. The standard InChI is InChI=1S/C14H14ClN3O/c1-14(2)6-9-5-8(11-12(15)17-7-16-11)3-4-10(9)18-13(14)19/h3-5,7H,6H2,1-2H3,(H,16,17)(H,18,19). The van der Waals surface area contributed by atoms with E-state index in [0.717, 1.165) is 22.5 Å². The molecule has 4 nitrogen and oxygen atoms in total. The van der Waals surface area contributed by atoms with Gasteiger partial charge in [-0.15, -0.1) is 0 Å². The van der Waals surface area contributed by atoms with Crippen molar-refractivity contribution < 1.29 is 4.79 Å². The molecule has 5 heteroatoms. The first-order valence-corrected chi connectivity index (χ1v) is 6.49. The number of benzene rings is 1. The van der Waals surface area contributed by atoms with Gasteiger partial charge in [0.05, 0.1) is 6.33 Å². The van der Waals surface area contributed by atoms with Crippen molar-refractivity contribution >= 4 is 23.2 Å². The van der Waals surface area contributed by atoms with E-state index in [2.05, 4.69) is 15.3 Å². The van der Waals surface area contributed by atoms with E-state index in [9.17, 15) is 4.79 Å². The summed E-state index contributed by atoms with van der Waals surface area (Å²) < 4.78 is 0. The van der Waals surface area contributed by atoms with Crippen LogP contribution in [0.15, 0.2) is 24.5 Å². The molecular weight excluding hydrogens is 262 g/mol. The second-order valence-corrected chi connectivity index (χ2v) is 5.83. The number of hydrogen-bond acceptors (Lipinski definition) is 2. The second kappa shape index (κ2) is 4.10. The quantitative estimate of drug-likeness (QED) is 0.839. The van der Waals surface area contributed by atoms with E-state index in [4.69, 9.17) is 11.6 Å². The van der Waals surface area contributed by atoms with E-state index >= 15 is 0 Å². The molecule has 0 unspecified atom stereocenters. The smallest absolute Gasteiger partial charge is 0.230 e. The fourth-order valence-corrected chi connectivity index (χ4v) is 2.54. The van der Waals surface area contributed by atoms with Crippen LogP contribution >= 0.6 is 11.6 Å². The van der Waals surface area contributed by atoms with Gasteiger partial charge in [-0.3, -0.25) is 4.79 Å². The maximum absolute atomic E-state index is 11.9. The van der Waals surface area contributed by atoms with E-state index < -0.39 is 0 Å². The third kappa shape index (κ3) is 2.02. The Balaban J connectivity index is 2.06. The lowest BCUT2D eigenvalue weighted by atomic mass is 9.81. The molecule has 1 aliphatic rings. The number of rotatable bonds is 1. The van der Waals surface area contributed by atoms with E-state index in [-0.39, 0.29) is 11.3 Å². The molecule has 1 aromatic carbocycles. The number of aromatic amines is 1. The lowest BCUT2D eigenvalue weighted by Crippen LogP contribution is -2.37. The minimum Gasteiger partial charge on any atom is -0.335 e. The number of anilines is 1. The number of nitrogens with one attached hydrogen (secondary N) is 2. The second-order valence-electron chi connectivity index (χ2n) is 5.45. The molecule has 2 heterocycles. The number of carbonyl (C=O) groups is 1. The molecule has 3 rings (SSSR count). The van der Waals surface area contributed by atoms with E-state index in [1.54, 1.807) is 6.33 Å².